The second-order valence-electron chi connectivity index (χ2n) is 5.80. The topological polar surface area (TPSA) is 70.8 Å². The first-order valence-corrected chi connectivity index (χ1v) is 7.54. The fourth-order valence-electron chi connectivity index (χ4n) is 3.03. The maximum Gasteiger partial charge on any atom is 0.349 e. The normalized spacial score (nSPS) is 16.2. The average molecular weight is 301 g/mol. The number of fused-ring (bicyclic) bond motifs is 1. The number of rotatable bonds is 2. The molecule has 116 valence electrons. The van der Waals surface area contributed by atoms with Gasteiger partial charge in [-0.05, 0) is 37.3 Å². The fourth-order valence-corrected chi connectivity index (χ4v) is 3.03. The van der Waals surface area contributed by atoms with Gasteiger partial charge in [0.05, 0.1) is 0 Å². The minimum atomic E-state index is -0.578. The Morgan fingerprint density at radius 3 is 2.68 bits per heavy atom. The third kappa shape index (κ3) is 2.52. The molecule has 1 aromatic heterocycles. The molecule has 0 bridgehead atoms. The van der Waals surface area contributed by atoms with Gasteiger partial charge in [-0.25, -0.2) is 4.79 Å². The lowest BCUT2D eigenvalue weighted by molar-refractivity contribution is 0.0646. The Morgan fingerprint density at radius 2 is 2.00 bits per heavy atom. The molecule has 0 unspecified atom stereocenters. The highest BCUT2D eigenvalue weighted by Gasteiger charge is 2.27. The molecule has 1 fully saturated rings. The van der Waals surface area contributed by atoms with Crippen LogP contribution >= 0.6 is 0 Å². The van der Waals surface area contributed by atoms with Gasteiger partial charge >= 0.3 is 5.63 Å². The minimum Gasteiger partial charge on any atom is -0.422 e. The lowest BCUT2D eigenvalue weighted by Crippen LogP contribution is -2.41. The summed E-state index contributed by atoms with van der Waals surface area (Å²) in [6.45, 7) is 3.07. The molecule has 22 heavy (non-hydrogen) atoms. The fraction of sp³-hybridized carbons (Fsp3) is 0.412. The Labute approximate surface area is 128 Å². The first-order chi connectivity index (χ1) is 10.6. The average Bonchev–Trinajstić information content (AvgIpc) is 2.55. The Hall–Kier alpha value is -2.14. The lowest BCUT2D eigenvalue weighted by Gasteiger charge is -2.31. The molecule has 1 N–H and O–H groups in total. The van der Waals surface area contributed by atoms with Gasteiger partial charge in [0.2, 0.25) is 0 Å². The number of benzene rings is 1. The summed E-state index contributed by atoms with van der Waals surface area (Å²) >= 11 is 0. The quantitative estimate of drug-likeness (QED) is 0.861. The van der Waals surface area contributed by atoms with Crippen LogP contribution in [0.3, 0.4) is 0 Å². The van der Waals surface area contributed by atoms with Gasteiger partial charge in [0, 0.05) is 25.1 Å². The maximum atomic E-state index is 12.7. The predicted molar refractivity (Wildman–Crippen MR) is 82.9 cm³/mol. The van der Waals surface area contributed by atoms with Crippen LogP contribution in [0.5, 0.6) is 0 Å². The summed E-state index contributed by atoms with van der Waals surface area (Å²) in [7, 11) is 0. The zero-order chi connectivity index (χ0) is 15.7. The molecule has 2 heterocycles. The van der Waals surface area contributed by atoms with Crippen LogP contribution in [-0.2, 0) is 0 Å². The van der Waals surface area contributed by atoms with E-state index in [2.05, 4.69) is 0 Å². The van der Waals surface area contributed by atoms with Gasteiger partial charge in [-0.2, -0.15) is 0 Å². The van der Waals surface area contributed by atoms with E-state index in [-0.39, 0.29) is 24.0 Å². The number of hydrogen-bond donors (Lipinski definition) is 1. The Bertz CT molecular complexity index is 757. The monoisotopic (exact) mass is 301 g/mol. The van der Waals surface area contributed by atoms with E-state index in [4.69, 9.17) is 4.42 Å². The van der Waals surface area contributed by atoms with Crippen LogP contribution in [0.1, 0.15) is 28.8 Å². The van der Waals surface area contributed by atoms with Crippen molar-refractivity contribution in [1.29, 1.82) is 0 Å². The molecule has 0 spiro atoms. The van der Waals surface area contributed by atoms with E-state index in [9.17, 15) is 14.7 Å². The molecule has 0 atom stereocenters. The molecule has 3 rings (SSSR count). The van der Waals surface area contributed by atoms with Crippen LogP contribution in [0.2, 0.25) is 0 Å². The molecule has 5 heteroatoms. The molecule has 0 saturated carbocycles. The number of carbonyl (C=O) groups is 1. The zero-order valence-corrected chi connectivity index (χ0v) is 12.5. The van der Waals surface area contributed by atoms with Crippen LogP contribution in [0.25, 0.3) is 11.0 Å². The van der Waals surface area contributed by atoms with E-state index >= 15 is 0 Å². The number of carbonyl (C=O) groups excluding carboxylic acids is 1. The van der Waals surface area contributed by atoms with Gasteiger partial charge in [-0.1, -0.05) is 18.2 Å². The number of aliphatic hydroxyl groups is 1. The molecule has 1 saturated heterocycles. The summed E-state index contributed by atoms with van der Waals surface area (Å²) in [6.07, 6.45) is 1.53. The minimum absolute atomic E-state index is 0.126. The standard InChI is InChI=1S/C17H19NO4/c1-11-13-4-2-3-5-14(13)22-17(21)15(11)16(20)18-8-6-12(10-19)7-9-18/h2-5,12,19H,6-10H2,1H3. The van der Waals surface area contributed by atoms with Crippen molar-refractivity contribution in [3.63, 3.8) is 0 Å². The summed E-state index contributed by atoms with van der Waals surface area (Å²) in [5.74, 6) is -0.0217. The van der Waals surface area contributed by atoms with Gasteiger partial charge < -0.3 is 14.4 Å². The smallest absolute Gasteiger partial charge is 0.349 e. The van der Waals surface area contributed by atoms with Crippen molar-refractivity contribution in [2.75, 3.05) is 19.7 Å². The number of hydrogen-bond acceptors (Lipinski definition) is 4. The van der Waals surface area contributed by atoms with Crippen molar-refractivity contribution in [3.8, 4) is 0 Å². The highest BCUT2D eigenvalue weighted by molar-refractivity contribution is 5.99. The number of para-hydroxylation sites is 1. The first-order valence-electron chi connectivity index (χ1n) is 7.54. The van der Waals surface area contributed by atoms with Crippen LogP contribution < -0.4 is 5.63 Å². The van der Waals surface area contributed by atoms with Gasteiger partial charge in [-0.15, -0.1) is 0 Å². The van der Waals surface area contributed by atoms with Gasteiger partial charge in [0.1, 0.15) is 11.1 Å². The molecule has 1 aliphatic rings. The van der Waals surface area contributed by atoms with Crippen LogP contribution in [0.4, 0.5) is 0 Å². The molecule has 5 nitrogen and oxygen atoms in total. The van der Waals surface area contributed by atoms with E-state index < -0.39 is 5.63 Å². The summed E-state index contributed by atoms with van der Waals surface area (Å²) < 4.78 is 5.28. The summed E-state index contributed by atoms with van der Waals surface area (Å²) in [6, 6.07) is 7.23. The van der Waals surface area contributed by atoms with Crippen molar-refractivity contribution in [3.05, 3.63) is 45.8 Å². The van der Waals surface area contributed by atoms with E-state index in [0.717, 1.165) is 18.2 Å². The first kappa shape index (κ1) is 14.8. The molecule has 0 aliphatic carbocycles. The van der Waals surface area contributed by atoms with E-state index in [0.29, 0.717) is 24.2 Å². The third-order valence-corrected chi connectivity index (χ3v) is 4.45. The number of likely N-dealkylation sites (tertiary alicyclic amines) is 1. The van der Waals surface area contributed by atoms with Crippen LogP contribution in [0.15, 0.2) is 33.5 Å². The van der Waals surface area contributed by atoms with Crippen molar-refractivity contribution < 1.29 is 14.3 Å². The molecular formula is C17H19NO4. The molecule has 1 aromatic carbocycles. The number of aryl methyl sites for hydroxylation is 1. The number of aliphatic hydroxyl groups excluding tert-OH is 1. The molecule has 1 aliphatic heterocycles. The van der Waals surface area contributed by atoms with Crippen LogP contribution in [-0.4, -0.2) is 35.6 Å². The third-order valence-electron chi connectivity index (χ3n) is 4.45. The maximum absolute atomic E-state index is 12.7. The lowest BCUT2D eigenvalue weighted by atomic mass is 9.97. The Balaban J connectivity index is 1.96. The SMILES string of the molecule is Cc1c(C(=O)N2CCC(CO)CC2)c(=O)oc2ccccc12. The predicted octanol–water partition coefficient (Wildman–Crippen LogP) is 1.95. The van der Waals surface area contributed by atoms with Crippen molar-refractivity contribution >= 4 is 16.9 Å². The Morgan fingerprint density at radius 1 is 1.32 bits per heavy atom. The van der Waals surface area contributed by atoms with Crippen LogP contribution in [0, 0.1) is 12.8 Å². The van der Waals surface area contributed by atoms with Crippen molar-refractivity contribution in [1.82, 2.24) is 4.90 Å². The highest BCUT2D eigenvalue weighted by atomic mass is 16.4. The zero-order valence-electron chi connectivity index (χ0n) is 12.5. The van der Waals surface area contributed by atoms with E-state index in [1.807, 2.05) is 12.1 Å². The highest BCUT2D eigenvalue weighted by Crippen LogP contribution is 2.22. The number of nitrogens with zero attached hydrogens (tertiary/aromatic N) is 1. The largest absolute Gasteiger partial charge is 0.422 e. The summed E-state index contributed by atoms with van der Waals surface area (Å²) in [5.41, 5.74) is 0.716. The summed E-state index contributed by atoms with van der Waals surface area (Å²) in [4.78, 5) is 26.6. The summed E-state index contributed by atoms with van der Waals surface area (Å²) in [5, 5.41) is 9.96. The Kier molecular flexibility index (Phi) is 3.98. The van der Waals surface area contributed by atoms with Gasteiger partial charge in [0.25, 0.3) is 5.91 Å². The molecular weight excluding hydrogens is 282 g/mol. The second kappa shape index (κ2) is 5.93. The number of piperidine rings is 1. The number of amides is 1. The molecule has 1 amide bonds. The van der Waals surface area contributed by atoms with Crippen molar-refractivity contribution in [2.24, 2.45) is 5.92 Å². The van der Waals surface area contributed by atoms with Gasteiger partial charge in [0.15, 0.2) is 0 Å². The van der Waals surface area contributed by atoms with Gasteiger partial charge in [-0.3, -0.25) is 4.79 Å². The van der Waals surface area contributed by atoms with E-state index in [1.54, 1.807) is 24.0 Å². The van der Waals surface area contributed by atoms with Crippen molar-refractivity contribution in [2.45, 2.75) is 19.8 Å². The second-order valence-corrected chi connectivity index (χ2v) is 5.80. The molecule has 0 radical (unpaired) electrons. The molecule has 2 aromatic rings. The van der Waals surface area contributed by atoms with E-state index in [1.165, 1.54) is 0 Å².